The third kappa shape index (κ3) is 4.43. The monoisotopic (exact) mass is 364 g/mol. The fraction of sp³-hybridized carbons (Fsp3) is 0.188. The molecule has 0 aliphatic carbocycles. The molecular formula is C16H10F6O3. The molecule has 0 bridgehead atoms. The van der Waals surface area contributed by atoms with Crippen molar-refractivity contribution in [3.63, 3.8) is 0 Å². The van der Waals surface area contributed by atoms with Crippen molar-refractivity contribution < 1.29 is 41.0 Å². The van der Waals surface area contributed by atoms with Crippen LogP contribution in [-0.4, -0.2) is 11.1 Å². The lowest BCUT2D eigenvalue weighted by molar-refractivity contribution is -0.143. The van der Waals surface area contributed by atoms with E-state index in [2.05, 4.69) is 0 Å². The quantitative estimate of drug-likeness (QED) is 0.777. The maximum absolute atomic E-state index is 13.0. The Balaban J connectivity index is 2.36. The van der Waals surface area contributed by atoms with Crippen LogP contribution in [0.1, 0.15) is 27.0 Å². The number of carboxylic acid groups (broad SMARTS) is 1. The van der Waals surface area contributed by atoms with Crippen molar-refractivity contribution in [1.29, 1.82) is 0 Å². The van der Waals surface area contributed by atoms with Crippen molar-refractivity contribution in [3.8, 4) is 5.75 Å². The van der Waals surface area contributed by atoms with Gasteiger partial charge in [0.1, 0.15) is 17.9 Å². The van der Waals surface area contributed by atoms with Crippen molar-refractivity contribution >= 4 is 5.97 Å². The summed E-state index contributed by atoms with van der Waals surface area (Å²) in [5, 5.41) is 8.99. The summed E-state index contributed by atoms with van der Waals surface area (Å²) in [7, 11) is 0. The summed E-state index contributed by atoms with van der Waals surface area (Å²) < 4.78 is 82.0. The molecular weight excluding hydrogens is 354 g/mol. The number of para-hydroxylation sites is 1. The number of halogens is 6. The van der Waals surface area contributed by atoms with Crippen LogP contribution in [0, 0.1) is 0 Å². The molecule has 25 heavy (non-hydrogen) atoms. The molecule has 3 nitrogen and oxygen atoms in total. The number of hydrogen-bond acceptors (Lipinski definition) is 2. The Morgan fingerprint density at radius 2 is 1.60 bits per heavy atom. The van der Waals surface area contributed by atoms with E-state index in [-0.39, 0.29) is 17.4 Å². The number of aromatic carboxylic acids is 1. The molecule has 0 heterocycles. The molecule has 0 fully saturated rings. The van der Waals surface area contributed by atoms with Gasteiger partial charge in [-0.2, -0.15) is 26.3 Å². The number of carboxylic acids is 1. The van der Waals surface area contributed by atoms with Crippen molar-refractivity contribution in [1.82, 2.24) is 0 Å². The second kappa shape index (κ2) is 6.66. The van der Waals surface area contributed by atoms with Gasteiger partial charge in [0.05, 0.1) is 11.1 Å². The number of hydrogen-bond donors (Lipinski definition) is 1. The van der Waals surface area contributed by atoms with Crippen LogP contribution in [0.5, 0.6) is 5.75 Å². The molecule has 0 amide bonds. The van der Waals surface area contributed by atoms with Gasteiger partial charge in [0.2, 0.25) is 0 Å². The van der Waals surface area contributed by atoms with E-state index in [4.69, 9.17) is 9.84 Å². The Morgan fingerprint density at radius 1 is 0.960 bits per heavy atom. The van der Waals surface area contributed by atoms with E-state index in [9.17, 15) is 31.1 Å². The third-order valence-electron chi connectivity index (χ3n) is 3.24. The molecule has 0 spiro atoms. The van der Waals surface area contributed by atoms with Crippen LogP contribution in [0.15, 0.2) is 42.5 Å². The van der Waals surface area contributed by atoms with Crippen LogP contribution in [0.25, 0.3) is 0 Å². The predicted octanol–water partition coefficient (Wildman–Crippen LogP) is 5.00. The van der Waals surface area contributed by atoms with E-state index >= 15 is 0 Å². The normalized spacial score (nSPS) is 12.1. The Kier molecular flexibility index (Phi) is 4.96. The van der Waals surface area contributed by atoms with Gasteiger partial charge in [0.25, 0.3) is 0 Å². The first-order valence-electron chi connectivity index (χ1n) is 6.72. The van der Waals surface area contributed by atoms with Gasteiger partial charge in [-0.3, -0.25) is 0 Å². The van der Waals surface area contributed by atoms with E-state index in [0.29, 0.717) is 12.1 Å². The Bertz CT molecular complexity index is 780. The second-order valence-corrected chi connectivity index (χ2v) is 4.96. The van der Waals surface area contributed by atoms with E-state index < -0.39 is 41.6 Å². The van der Waals surface area contributed by atoms with Crippen molar-refractivity contribution in [3.05, 3.63) is 64.7 Å². The number of carbonyl (C=O) groups is 1. The van der Waals surface area contributed by atoms with Gasteiger partial charge in [-0.1, -0.05) is 18.2 Å². The minimum atomic E-state index is -5.02. The number of rotatable bonds is 4. The minimum absolute atomic E-state index is 0.00178. The average molecular weight is 364 g/mol. The van der Waals surface area contributed by atoms with Gasteiger partial charge >= 0.3 is 18.3 Å². The first-order chi connectivity index (χ1) is 11.5. The average Bonchev–Trinajstić information content (AvgIpc) is 2.51. The molecule has 134 valence electrons. The molecule has 2 aromatic rings. The molecule has 0 atom stereocenters. The first kappa shape index (κ1) is 18.6. The standard InChI is InChI=1S/C16H10F6O3/c17-15(18,19)10-6-5-9(12(7-10)16(20,21)22)8-25-13-4-2-1-3-11(13)14(23)24/h1-7H,8H2,(H,23,24). The summed E-state index contributed by atoms with van der Waals surface area (Å²) in [4.78, 5) is 11.0. The highest BCUT2D eigenvalue weighted by molar-refractivity contribution is 5.90. The van der Waals surface area contributed by atoms with Crippen LogP contribution in [-0.2, 0) is 19.0 Å². The highest BCUT2D eigenvalue weighted by atomic mass is 19.4. The summed E-state index contributed by atoms with van der Waals surface area (Å²) in [6, 6.07) is 6.42. The van der Waals surface area contributed by atoms with Gasteiger partial charge in [0.15, 0.2) is 0 Å². The molecule has 2 aromatic carbocycles. The largest absolute Gasteiger partial charge is 0.488 e. The van der Waals surface area contributed by atoms with Gasteiger partial charge in [0, 0.05) is 5.56 Å². The Morgan fingerprint density at radius 3 is 2.16 bits per heavy atom. The number of ether oxygens (including phenoxy) is 1. The lowest BCUT2D eigenvalue weighted by Crippen LogP contribution is -2.15. The minimum Gasteiger partial charge on any atom is -0.488 e. The molecule has 0 radical (unpaired) electrons. The van der Waals surface area contributed by atoms with Gasteiger partial charge in [-0.05, 0) is 24.3 Å². The highest BCUT2D eigenvalue weighted by Gasteiger charge is 2.38. The number of benzene rings is 2. The Labute approximate surface area is 137 Å². The maximum atomic E-state index is 13.0. The zero-order valence-electron chi connectivity index (χ0n) is 12.3. The molecule has 0 aliphatic rings. The smallest absolute Gasteiger partial charge is 0.416 e. The van der Waals surface area contributed by atoms with Crippen molar-refractivity contribution in [2.24, 2.45) is 0 Å². The summed E-state index contributed by atoms with van der Waals surface area (Å²) >= 11 is 0. The first-order valence-corrected chi connectivity index (χ1v) is 6.72. The summed E-state index contributed by atoms with van der Waals surface area (Å²) in [6.07, 6.45) is -9.94. The topological polar surface area (TPSA) is 46.5 Å². The van der Waals surface area contributed by atoms with Gasteiger partial charge in [-0.25, -0.2) is 4.79 Å². The van der Waals surface area contributed by atoms with Crippen molar-refractivity contribution in [2.75, 3.05) is 0 Å². The molecule has 0 saturated carbocycles. The lowest BCUT2D eigenvalue weighted by Gasteiger charge is -2.17. The molecule has 0 aromatic heterocycles. The van der Waals surface area contributed by atoms with E-state index in [1.54, 1.807) is 0 Å². The molecule has 0 aliphatic heterocycles. The van der Waals surface area contributed by atoms with Crippen LogP contribution in [0.3, 0.4) is 0 Å². The molecule has 9 heteroatoms. The van der Waals surface area contributed by atoms with E-state index in [0.717, 1.165) is 0 Å². The summed E-state index contributed by atoms with van der Waals surface area (Å²) in [6.45, 7) is -0.739. The zero-order valence-corrected chi connectivity index (χ0v) is 12.3. The molecule has 2 rings (SSSR count). The van der Waals surface area contributed by atoms with Crippen molar-refractivity contribution in [2.45, 2.75) is 19.0 Å². The summed E-state index contributed by atoms with van der Waals surface area (Å²) in [5.41, 5.74) is -3.74. The fourth-order valence-corrected chi connectivity index (χ4v) is 2.07. The molecule has 1 N–H and O–H groups in total. The SMILES string of the molecule is O=C(O)c1ccccc1OCc1ccc(C(F)(F)F)cc1C(F)(F)F. The van der Waals surface area contributed by atoms with E-state index in [1.165, 1.54) is 24.3 Å². The molecule has 0 saturated heterocycles. The van der Waals surface area contributed by atoms with Crippen LogP contribution in [0.4, 0.5) is 26.3 Å². The van der Waals surface area contributed by atoms with Gasteiger partial charge < -0.3 is 9.84 Å². The lowest BCUT2D eigenvalue weighted by atomic mass is 10.0. The van der Waals surface area contributed by atoms with Crippen LogP contribution < -0.4 is 4.74 Å². The van der Waals surface area contributed by atoms with Crippen LogP contribution in [0.2, 0.25) is 0 Å². The Hall–Kier alpha value is -2.71. The fourth-order valence-electron chi connectivity index (χ4n) is 2.07. The molecule has 0 unspecified atom stereocenters. The van der Waals surface area contributed by atoms with Crippen LogP contribution >= 0.6 is 0 Å². The maximum Gasteiger partial charge on any atom is 0.416 e. The highest BCUT2D eigenvalue weighted by Crippen LogP contribution is 2.37. The number of alkyl halides is 6. The van der Waals surface area contributed by atoms with Gasteiger partial charge in [-0.15, -0.1) is 0 Å². The third-order valence-corrected chi connectivity index (χ3v) is 3.24. The second-order valence-electron chi connectivity index (χ2n) is 4.96. The predicted molar refractivity (Wildman–Crippen MR) is 74.2 cm³/mol. The van der Waals surface area contributed by atoms with E-state index in [1.807, 2.05) is 0 Å². The zero-order chi connectivity index (χ0) is 18.8. The summed E-state index contributed by atoms with van der Waals surface area (Å²) in [5.74, 6) is -1.54.